The summed E-state index contributed by atoms with van der Waals surface area (Å²) in [6, 6.07) is 7.60. The maximum absolute atomic E-state index is 13.0. The Morgan fingerprint density at radius 1 is 1.22 bits per heavy atom. The molecule has 0 saturated carbocycles. The fraction of sp³-hybridized carbons (Fsp3) is 0.350. The molecule has 0 radical (unpaired) electrons. The topological polar surface area (TPSA) is 149 Å². The summed E-state index contributed by atoms with van der Waals surface area (Å²) in [5, 5.41) is 25.5. The van der Waals surface area contributed by atoms with Gasteiger partial charge in [-0.15, -0.1) is 5.10 Å². The number of piperidine rings is 1. The number of nitro benzene ring substituents is 1. The minimum absolute atomic E-state index is 0.0774. The van der Waals surface area contributed by atoms with Gasteiger partial charge in [0.1, 0.15) is 5.76 Å². The lowest BCUT2D eigenvalue weighted by molar-refractivity contribution is -0.384. The third-order valence-corrected chi connectivity index (χ3v) is 5.41. The SMILES string of the molecule is Cc1cc(NC(=O)C2CCN(C(=O)c3nnn(-c4cccc([N+](=O)[O-])c4)c3C)CC2)no1. The number of carbonyl (C=O) groups excluding carboxylic acids is 2. The summed E-state index contributed by atoms with van der Waals surface area (Å²) < 4.78 is 6.35. The Labute approximate surface area is 182 Å². The van der Waals surface area contributed by atoms with E-state index < -0.39 is 4.92 Å². The van der Waals surface area contributed by atoms with Gasteiger partial charge in [-0.25, -0.2) is 4.68 Å². The van der Waals surface area contributed by atoms with E-state index in [2.05, 4.69) is 20.8 Å². The Morgan fingerprint density at radius 2 is 1.97 bits per heavy atom. The van der Waals surface area contributed by atoms with Crippen LogP contribution in [0, 0.1) is 29.9 Å². The summed E-state index contributed by atoms with van der Waals surface area (Å²) in [6.45, 7) is 4.23. The molecule has 1 N–H and O–H groups in total. The average molecular weight is 439 g/mol. The molecule has 0 atom stereocenters. The smallest absolute Gasteiger partial charge is 0.276 e. The van der Waals surface area contributed by atoms with E-state index >= 15 is 0 Å². The number of non-ortho nitro benzene ring substituents is 1. The van der Waals surface area contributed by atoms with E-state index in [4.69, 9.17) is 4.52 Å². The van der Waals surface area contributed by atoms with Gasteiger partial charge in [-0.05, 0) is 32.8 Å². The van der Waals surface area contributed by atoms with Crippen molar-refractivity contribution in [3.8, 4) is 5.69 Å². The Kier molecular flexibility index (Phi) is 5.67. The number of nitrogens with zero attached hydrogens (tertiary/aromatic N) is 6. The molecule has 12 heteroatoms. The number of rotatable bonds is 5. The Morgan fingerprint density at radius 3 is 2.62 bits per heavy atom. The summed E-state index contributed by atoms with van der Waals surface area (Å²) in [5.74, 6) is 0.301. The van der Waals surface area contributed by atoms with Crippen LogP contribution in [0.5, 0.6) is 0 Å². The molecule has 32 heavy (non-hydrogen) atoms. The zero-order chi connectivity index (χ0) is 22.8. The fourth-order valence-corrected chi connectivity index (χ4v) is 3.66. The summed E-state index contributed by atoms with van der Waals surface area (Å²) in [7, 11) is 0. The number of carbonyl (C=O) groups is 2. The van der Waals surface area contributed by atoms with E-state index in [1.165, 1.54) is 16.8 Å². The van der Waals surface area contributed by atoms with Crippen LogP contribution in [0.2, 0.25) is 0 Å². The summed E-state index contributed by atoms with van der Waals surface area (Å²) in [4.78, 5) is 37.6. The molecule has 0 spiro atoms. The van der Waals surface area contributed by atoms with Crippen molar-refractivity contribution < 1.29 is 19.0 Å². The van der Waals surface area contributed by atoms with E-state index in [0.29, 0.717) is 48.9 Å². The molecule has 1 fully saturated rings. The predicted molar refractivity (Wildman–Crippen MR) is 111 cm³/mol. The molecule has 2 amide bonds. The largest absolute Gasteiger partial charge is 0.360 e. The first-order chi connectivity index (χ1) is 15.3. The summed E-state index contributed by atoms with van der Waals surface area (Å²) in [5.41, 5.74) is 1.03. The molecule has 2 aromatic heterocycles. The van der Waals surface area contributed by atoms with Crippen molar-refractivity contribution >= 4 is 23.3 Å². The highest BCUT2D eigenvalue weighted by atomic mass is 16.6. The maximum atomic E-state index is 13.0. The van der Waals surface area contributed by atoms with Crippen molar-refractivity contribution in [2.75, 3.05) is 18.4 Å². The maximum Gasteiger partial charge on any atom is 0.276 e. The van der Waals surface area contributed by atoms with Crippen LogP contribution >= 0.6 is 0 Å². The lowest BCUT2D eigenvalue weighted by atomic mass is 9.95. The third kappa shape index (κ3) is 4.19. The van der Waals surface area contributed by atoms with Gasteiger partial charge in [0.2, 0.25) is 5.91 Å². The van der Waals surface area contributed by atoms with Crippen LogP contribution in [0.4, 0.5) is 11.5 Å². The second-order valence-corrected chi connectivity index (χ2v) is 7.59. The normalized spacial score (nSPS) is 14.4. The Balaban J connectivity index is 1.41. The molecular weight excluding hydrogens is 418 g/mol. The van der Waals surface area contributed by atoms with Gasteiger partial charge in [-0.3, -0.25) is 19.7 Å². The van der Waals surface area contributed by atoms with E-state index in [1.54, 1.807) is 36.9 Å². The van der Waals surface area contributed by atoms with E-state index in [9.17, 15) is 19.7 Å². The van der Waals surface area contributed by atoms with Gasteiger partial charge in [0, 0.05) is 37.2 Å². The first kappa shape index (κ1) is 21.2. The van der Waals surface area contributed by atoms with Crippen molar-refractivity contribution in [3.05, 3.63) is 57.6 Å². The molecule has 166 valence electrons. The van der Waals surface area contributed by atoms with Crippen LogP contribution in [0.15, 0.2) is 34.9 Å². The molecule has 0 bridgehead atoms. The van der Waals surface area contributed by atoms with Crippen LogP contribution in [0.3, 0.4) is 0 Å². The second kappa shape index (κ2) is 8.57. The monoisotopic (exact) mass is 439 g/mol. The lowest BCUT2D eigenvalue weighted by Crippen LogP contribution is -2.41. The molecule has 3 heterocycles. The van der Waals surface area contributed by atoms with Crippen LogP contribution in [-0.2, 0) is 4.79 Å². The van der Waals surface area contributed by atoms with Gasteiger partial charge >= 0.3 is 0 Å². The molecule has 3 aromatic rings. The van der Waals surface area contributed by atoms with Crippen LogP contribution in [-0.4, -0.2) is 54.9 Å². The average Bonchev–Trinajstić information content (AvgIpc) is 3.38. The highest BCUT2D eigenvalue weighted by Crippen LogP contribution is 2.23. The van der Waals surface area contributed by atoms with Crippen LogP contribution in [0.1, 0.15) is 34.8 Å². The van der Waals surface area contributed by atoms with E-state index in [1.807, 2.05) is 0 Å². The number of aryl methyl sites for hydroxylation is 1. The number of nitrogens with one attached hydrogen (secondary N) is 1. The summed E-state index contributed by atoms with van der Waals surface area (Å²) in [6.07, 6.45) is 1.01. The van der Waals surface area contributed by atoms with Crippen LogP contribution < -0.4 is 5.32 Å². The van der Waals surface area contributed by atoms with E-state index in [0.717, 1.165) is 0 Å². The fourth-order valence-electron chi connectivity index (χ4n) is 3.66. The molecule has 1 saturated heterocycles. The number of hydrogen-bond acceptors (Lipinski definition) is 8. The zero-order valence-electron chi connectivity index (χ0n) is 17.5. The van der Waals surface area contributed by atoms with Gasteiger partial charge in [0.05, 0.1) is 16.3 Å². The quantitative estimate of drug-likeness (QED) is 0.470. The number of amides is 2. The first-order valence-electron chi connectivity index (χ1n) is 10.0. The molecule has 12 nitrogen and oxygen atoms in total. The number of anilines is 1. The highest BCUT2D eigenvalue weighted by Gasteiger charge is 2.30. The van der Waals surface area contributed by atoms with Gasteiger partial charge in [0.15, 0.2) is 11.5 Å². The molecule has 4 rings (SSSR count). The number of benzene rings is 1. The molecule has 1 aliphatic rings. The molecule has 1 aliphatic heterocycles. The van der Waals surface area contributed by atoms with Gasteiger partial charge < -0.3 is 14.7 Å². The van der Waals surface area contributed by atoms with Crippen molar-refractivity contribution in [1.29, 1.82) is 0 Å². The zero-order valence-corrected chi connectivity index (χ0v) is 17.5. The molecule has 0 aliphatic carbocycles. The highest BCUT2D eigenvalue weighted by molar-refractivity contribution is 5.94. The molecular formula is C20H21N7O5. The second-order valence-electron chi connectivity index (χ2n) is 7.59. The molecule has 0 unspecified atom stereocenters. The number of nitro groups is 1. The first-order valence-corrected chi connectivity index (χ1v) is 10.0. The van der Waals surface area contributed by atoms with Gasteiger partial charge in [-0.2, -0.15) is 0 Å². The Hall–Kier alpha value is -4.09. The minimum atomic E-state index is -0.494. The standard InChI is InChI=1S/C20H21N7O5/c1-12-10-17(23-32-12)21-19(28)14-6-8-25(9-7-14)20(29)18-13(2)26(24-22-18)15-4-3-5-16(11-15)27(30)31/h3-5,10-11,14H,6-9H2,1-2H3,(H,21,23,28). The predicted octanol–water partition coefficient (Wildman–Crippen LogP) is 2.27. The van der Waals surface area contributed by atoms with E-state index in [-0.39, 0.29) is 29.1 Å². The number of aromatic nitrogens is 4. The van der Waals surface area contributed by atoms with Crippen molar-refractivity contribution in [3.63, 3.8) is 0 Å². The van der Waals surface area contributed by atoms with Crippen molar-refractivity contribution in [2.24, 2.45) is 5.92 Å². The van der Waals surface area contributed by atoms with Gasteiger partial charge in [-0.1, -0.05) is 16.4 Å². The van der Waals surface area contributed by atoms with Crippen molar-refractivity contribution in [2.45, 2.75) is 26.7 Å². The van der Waals surface area contributed by atoms with Gasteiger partial charge in [0.25, 0.3) is 11.6 Å². The minimum Gasteiger partial charge on any atom is -0.360 e. The Bertz CT molecular complexity index is 1180. The summed E-state index contributed by atoms with van der Waals surface area (Å²) >= 11 is 0. The number of likely N-dealkylation sites (tertiary alicyclic amines) is 1. The lowest BCUT2D eigenvalue weighted by Gasteiger charge is -2.30. The molecule has 1 aromatic carbocycles. The third-order valence-electron chi connectivity index (χ3n) is 5.41. The van der Waals surface area contributed by atoms with Crippen LogP contribution in [0.25, 0.3) is 5.69 Å². The number of hydrogen-bond donors (Lipinski definition) is 1. The van der Waals surface area contributed by atoms with Crippen molar-refractivity contribution in [1.82, 2.24) is 25.1 Å².